The molecule has 2 aliphatic heterocycles. The summed E-state index contributed by atoms with van der Waals surface area (Å²) in [5.41, 5.74) is 5.32. The van der Waals surface area contributed by atoms with E-state index in [1.165, 1.54) is 6.92 Å². The average Bonchev–Trinajstić information content (AvgIpc) is 3.42. The molecule has 2 heterocycles. The van der Waals surface area contributed by atoms with Crippen LogP contribution in [0.4, 0.5) is 0 Å². The quantitative estimate of drug-likeness (QED) is 0.133. The van der Waals surface area contributed by atoms with Gasteiger partial charge in [0.25, 0.3) is 0 Å². The minimum Gasteiger partial charge on any atom is -0.462 e. The maximum Gasteiger partial charge on any atom is 0.342 e. The third-order valence-corrected chi connectivity index (χ3v) is 9.20. The molecule has 46 heavy (non-hydrogen) atoms. The second kappa shape index (κ2) is 13.3. The minimum atomic E-state index is -1.12. The highest BCUT2D eigenvalue weighted by Gasteiger charge is 2.52. The van der Waals surface area contributed by atoms with E-state index >= 15 is 0 Å². The molecule has 0 saturated heterocycles. The molecule has 7 nitrogen and oxygen atoms in total. The van der Waals surface area contributed by atoms with Gasteiger partial charge in [-0.15, -0.1) is 5.73 Å². The van der Waals surface area contributed by atoms with Crippen molar-refractivity contribution in [3.63, 3.8) is 0 Å². The lowest BCUT2D eigenvalue weighted by atomic mass is 9.65. The molecule has 0 bridgehead atoms. The van der Waals surface area contributed by atoms with E-state index in [1.807, 2.05) is 89.3 Å². The van der Waals surface area contributed by atoms with Gasteiger partial charge in [0.15, 0.2) is 0 Å². The summed E-state index contributed by atoms with van der Waals surface area (Å²) in [6.07, 6.45) is 19.9. The van der Waals surface area contributed by atoms with E-state index in [1.54, 1.807) is 13.0 Å². The number of ether oxygens (including phenoxy) is 3. The molecule has 1 unspecified atom stereocenters. The number of carbonyl (C=O) groups excluding carboxylic acids is 2. The van der Waals surface area contributed by atoms with Crippen LogP contribution in [0.15, 0.2) is 100 Å². The number of aliphatic hydroxyl groups excluding tert-OH is 1. The van der Waals surface area contributed by atoms with Crippen LogP contribution in [0.2, 0.25) is 0 Å². The first-order chi connectivity index (χ1) is 21.3. The van der Waals surface area contributed by atoms with Crippen molar-refractivity contribution in [2.24, 2.45) is 10.8 Å². The Bertz CT molecular complexity index is 1510. The molecule has 4 rings (SSSR count). The molecule has 2 N–H and O–H groups in total. The molecule has 0 aromatic rings. The van der Waals surface area contributed by atoms with Crippen molar-refractivity contribution >= 4 is 11.9 Å². The van der Waals surface area contributed by atoms with Gasteiger partial charge in [-0.3, -0.25) is 4.79 Å². The Morgan fingerprint density at radius 1 is 0.935 bits per heavy atom. The van der Waals surface area contributed by atoms with Crippen LogP contribution in [-0.4, -0.2) is 51.7 Å². The largest absolute Gasteiger partial charge is 0.462 e. The molecule has 0 amide bonds. The zero-order valence-corrected chi connectivity index (χ0v) is 28.8. The van der Waals surface area contributed by atoms with Gasteiger partial charge in [-0.05, 0) is 92.4 Å². The third-order valence-electron chi connectivity index (χ3n) is 9.20. The number of esters is 2. The molecule has 5 atom stereocenters. The average molecular weight is 631 g/mol. The maximum atomic E-state index is 12.7. The van der Waals surface area contributed by atoms with Gasteiger partial charge in [-0.25, -0.2) is 4.79 Å². The topological polar surface area (TPSA) is 102 Å². The van der Waals surface area contributed by atoms with E-state index in [0.29, 0.717) is 37.0 Å². The monoisotopic (exact) mass is 630 g/mol. The zero-order valence-electron chi connectivity index (χ0n) is 28.8. The van der Waals surface area contributed by atoms with Crippen molar-refractivity contribution in [1.29, 1.82) is 0 Å². The van der Waals surface area contributed by atoms with E-state index in [0.717, 1.165) is 22.3 Å². The molecule has 248 valence electrons. The Morgan fingerprint density at radius 2 is 1.59 bits per heavy atom. The molecule has 2 fully saturated rings. The van der Waals surface area contributed by atoms with Crippen LogP contribution in [0, 0.1) is 10.8 Å². The zero-order chi connectivity index (χ0) is 34.1. The van der Waals surface area contributed by atoms with Crippen molar-refractivity contribution in [1.82, 2.24) is 0 Å². The fraction of sp³-hybridized carbons (Fsp3) is 0.513. The lowest BCUT2D eigenvalue weighted by Crippen LogP contribution is -2.46. The molecule has 2 aliphatic carbocycles. The summed E-state index contributed by atoms with van der Waals surface area (Å²) in [5.74, 6) is -0.270. The standard InChI is InChI=1S/C39H50O7/c1-25(16-17-33-37(6,7)23-30(44-27(3)40)24-38(33,8)43)14-12-10-11-13-15-26(2)18-29-19-31(35(42)45-29)32-20-34-36(4,5)21-28(41)22-39(34,9)46-32/h10-16,18-20,28,30,32,41,43H,21-24H2,1-9H3/b12-10+,13-11+,25-14+,26-15+,29-18-/t17?,28-,30-,32+,38+,39?/m0/s1. The van der Waals surface area contributed by atoms with E-state index in [4.69, 9.17) is 14.2 Å². The molecule has 0 aromatic heterocycles. The fourth-order valence-corrected chi connectivity index (χ4v) is 7.59. The van der Waals surface area contributed by atoms with E-state index < -0.39 is 29.4 Å². The van der Waals surface area contributed by atoms with Crippen LogP contribution >= 0.6 is 0 Å². The van der Waals surface area contributed by atoms with Gasteiger partial charge in [0, 0.05) is 25.3 Å². The van der Waals surface area contributed by atoms with Gasteiger partial charge in [-0.2, -0.15) is 0 Å². The first-order valence-electron chi connectivity index (χ1n) is 16.1. The first-order valence-corrected chi connectivity index (χ1v) is 16.1. The van der Waals surface area contributed by atoms with Gasteiger partial charge in [0.2, 0.25) is 0 Å². The van der Waals surface area contributed by atoms with Gasteiger partial charge in [0.05, 0.1) is 22.9 Å². The molecule has 0 spiro atoms. The van der Waals surface area contributed by atoms with E-state index in [9.17, 15) is 19.8 Å². The van der Waals surface area contributed by atoms with Crippen LogP contribution in [-0.2, 0) is 23.8 Å². The normalized spacial score (nSPS) is 33.5. The highest BCUT2D eigenvalue weighted by molar-refractivity contribution is 5.94. The summed E-state index contributed by atoms with van der Waals surface area (Å²) in [4.78, 5) is 24.2. The second-order valence-electron chi connectivity index (χ2n) is 14.9. The highest BCUT2D eigenvalue weighted by atomic mass is 16.6. The molecule has 0 radical (unpaired) electrons. The van der Waals surface area contributed by atoms with Crippen LogP contribution in [0.3, 0.4) is 0 Å². The molecule has 4 aliphatic rings. The summed E-state index contributed by atoms with van der Waals surface area (Å²) in [7, 11) is 0. The number of hydrogen-bond donors (Lipinski definition) is 2. The van der Waals surface area contributed by atoms with Gasteiger partial charge < -0.3 is 24.4 Å². The summed E-state index contributed by atoms with van der Waals surface area (Å²) in [6.45, 7) is 17.3. The summed E-state index contributed by atoms with van der Waals surface area (Å²) in [6, 6.07) is 0. The smallest absolute Gasteiger partial charge is 0.342 e. The number of cyclic esters (lactones) is 1. The fourth-order valence-electron chi connectivity index (χ4n) is 7.59. The Labute approximate surface area is 274 Å². The van der Waals surface area contributed by atoms with E-state index in [2.05, 4.69) is 19.6 Å². The Hall–Kier alpha value is -3.48. The predicted molar refractivity (Wildman–Crippen MR) is 179 cm³/mol. The Kier molecular flexibility index (Phi) is 10.2. The van der Waals surface area contributed by atoms with Crippen molar-refractivity contribution in [2.45, 2.75) is 118 Å². The summed E-state index contributed by atoms with van der Waals surface area (Å²) in [5, 5.41) is 21.5. The molecular formula is C39H50O7. The highest BCUT2D eigenvalue weighted by Crippen LogP contribution is 2.52. The van der Waals surface area contributed by atoms with Crippen LogP contribution in [0.5, 0.6) is 0 Å². The molecule has 7 heteroatoms. The van der Waals surface area contributed by atoms with Crippen LogP contribution < -0.4 is 0 Å². The second-order valence-corrected chi connectivity index (χ2v) is 14.9. The minimum absolute atomic E-state index is 0.210. The Morgan fingerprint density at radius 3 is 2.22 bits per heavy atom. The number of carbonyl (C=O) groups is 2. The Balaban J connectivity index is 1.37. The first kappa shape index (κ1) is 35.4. The van der Waals surface area contributed by atoms with Crippen molar-refractivity contribution in [2.75, 3.05) is 0 Å². The third kappa shape index (κ3) is 8.26. The number of allylic oxidation sites excluding steroid dienone is 10. The van der Waals surface area contributed by atoms with E-state index in [-0.39, 0.29) is 22.9 Å². The maximum absolute atomic E-state index is 12.7. The number of rotatable bonds is 7. The molecule has 2 saturated carbocycles. The van der Waals surface area contributed by atoms with Crippen LogP contribution in [0.1, 0.15) is 88.0 Å². The van der Waals surface area contributed by atoms with Crippen molar-refractivity contribution in [3.8, 4) is 0 Å². The predicted octanol–water partition coefficient (Wildman–Crippen LogP) is 7.21. The van der Waals surface area contributed by atoms with Gasteiger partial charge in [-0.1, -0.05) is 64.2 Å². The summed E-state index contributed by atoms with van der Waals surface area (Å²) >= 11 is 0. The van der Waals surface area contributed by atoms with Crippen molar-refractivity contribution in [3.05, 3.63) is 100 Å². The molecule has 0 aromatic carbocycles. The number of fused-ring (bicyclic) bond motifs is 1. The number of hydrogen-bond acceptors (Lipinski definition) is 7. The lowest BCUT2D eigenvalue weighted by molar-refractivity contribution is -0.152. The van der Waals surface area contributed by atoms with Gasteiger partial charge in [0.1, 0.15) is 18.0 Å². The lowest BCUT2D eigenvalue weighted by Gasteiger charge is -2.44. The molecular weight excluding hydrogens is 580 g/mol. The SMILES string of the molecule is CC(=O)O[C@H]1CC(C)(C)C(=C=C/C(C)=C/C=C/C=C/C=C(C)/C=C2/C=C([C@H]3C=C4C(C)(C)C[C@H](O)CC4(C)O3)C(=O)O2)[C@](C)(O)C1. The summed E-state index contributed by atoms with van der Waals surface area (Å²) < 4.78 is 17.3. The van der Waals surface area contributed by atoms with Gasteiger partial charge >= 0.3 is 11.9 Å². The van der Waals surface area contributed by atoms with Crippen LogP contribution in [0.25, 0.3) is 0 Å². The van der Waals surface area contributed by atoms with Crippen molar-refractivity contribution < 1.29 is 34.0 Å². The number of aliphatic hydroxyl groups is 2.